The standard InChI is InChI=1S/C11H17NO2/c1-2-14-9-11(6-3-4-7-11)10(13)5-8-12/h2-7,9H2,1H3. The molecule has 0 unspecified atom stereocenters. The van der Waals surface area contributed by atoms with Crippen molar-refractivity contribution in [3.8, 4) is 6.07 Å². The zero-order valence-electron chi connectivity index (χ0n) is 8.71. The van der Waals surface area contributed by atoms with E-state index >= 15 is 0 Å². The van der Waals surface area contributed by atoms with Crippen LogP contribution in [0.1, 0.15) is 39.0 Å². The molecule has 1 rings (SSSR count). The highest BCUT2D eigenvalue weighted by Gasteiger charge is 2.40. The van der Waals surface area contributed by atoms with Crippen LogP contribution in [0.5, 0.6) is 0 Å². The van der Waals surface area contributed by atoms with Crippen LogP contribution in [0.2, 0.25) is 0 Å². The van der Waals surface area contributed by atoms with Crippen LogP contribution in [0.3, 0.4) is 0 Å². The summed E-state index contributed by atoms with van der Waals surface area (Å²) < 4.78 is 5.36. The highest BCUT2D eigenvalue weighted by Crippen LogP contribution is 2.39. The topological polar surface area (TPSA) is 50.1 Å². The Labute approximate surface area is 85.1 Å². The second-order valence-corrected chi connectivity index (χ2v) is 3.88. The minimum absolute atomic E-state index is 0.0348. The molecule has 0 amide bonds. The largest absolute Gasteiger partial charge is 0.381 e. The van der Waals surface area contributed by atoms with Gasteiger partial charge in [0.2, 0.25) is 0 Å². The monoisotopic (exact) mass is 195 g/mol. The van der Waals surface area contributed by atoms with Gasteiger partial charge in [0, 0.05) is 6.61 Å². The molecule has 0 saturated heterocycles. The van der Waals surface area contributed by atoms with E-state index in [2.05, 4.69) is 0 Å². The molecule has 1 saturated carbocycles. The van der Waals surface area contributed by atoms with Gasteiger partial charge in [-0.2, -0.15) is 5.26 Å². The van der Waals surface area contributed by atoms with Crippen LogP contribution < -0.4 is 0 Å². The van der Waals surface area contributed by atoms with Gasteiger partial charge in [-0.05, 0) is 19.8 Å². The van der Waals surface area contributed by atoms with Gasteiger partial charge < -0.3 is 4.74 Å². The first-order chi connectivity index (χ1) is 6.75. The van der Waals surface area contributed by atoms with Crippen molar-refractivity contribution in [1.82, 2.24) is 0 Å². The third-order valence-electron chi connectivity index (χ3n) is 2.97. The van der Waals surface area contributed by atoms with Crippen LogP contribution in [-0.2, 0) is 9.53 Å². The molecule has 0 aromatic carbocycles. The van der Waals surface area contributed by atoms with Gasteiger partial charge in [-0.1, -0.05) is 12.8 Å². The molecular weight excluding hydrogens is 178 g/mol. The van der Waals surface area contributed by atoms with E-state index in [1.807, 2.05) is 13.0 Å². The number of ether oxygens (including phenoxy) is 1. The Hall–Kier alpha value is -0.880. The van der Waals surface area contributed by atoms with Crippen molar-refractivity contribution in [3.05, 3.63) is 0 Å². The summed E-state index contributed by atoms with van der Waals surface area (Å²) in [4.78, 5) is 11.8. The molecule has 14 heavy (non-hydrogen) atoms. The van der Waals surface area contributed by atoms with Gasteiger partial charge in [0.05, 0.1) is 24.5 Å². The lowest BCUT2D eigenvalue weighted by Crippen LogP contribution is -2.33. The smallest absolute Gasteiger partial charge is 0.155 e. The fourth-order valence-electron chi connectivity index (χ4n) is 2.11. The predicted molar refractivity (Wildman–Crippen MR) is 52.6 cm³/mol. The minimum Gasteiger partial charge on any atom is -0.381 e. The Balaban J connectivity index is 2.61. The van der Waals surface area contributed by atoms with Crippen LogP contribution in [0.4, 0.5) is 0 Å². The molecule has 3 nitrogen and oxygen atoms in total. The molecule has 3 heteroatoms. The third kappa shape index (κ3) is 2.33. The number of carbonyl (C=O) groups is 1. The lowest BCUT2D eigenvalue weighted by atomic mass is 9.81. The highest BCUT2D eigenvalue weighted by atomic mass is 16.5. The molecule has 78 valence electrons. The molecule has 0 heterocycles. The van der Waals surface area contributed by atoms with Crippen molar-refractivity contribution in [2.24, 2.45) is 5.41 Å². The van der Waals surface area contributed by atoms with Crippen LogP contribution in [0.15, 0.2) is 0 Å². The first kappa shape index (κ1) is 11.2. The zero-order valence-corrected chi connectivity index (χ0v) is 8.71. The average Bonchev–Trinajstić information content (AvgIpc) is 2.65. The lowest BCUT2D eigenvalue weighted by molar-refractivity contribution is -0.131. The SMILES string of the molecule is CCOCC1(C(=O)CC#N)CCCC1. The number of nitrogens with zero attached hydrogens (tertiary/aromatic N) is 1. The van der Waals surface area contributed by atoms with Gasteiger partial charge in [-0.3, -0.25) is 4.79 Å². The maximum Gasteiger partial charge on any atom is 0.155 e. The number of Topliss-reactive ketones (excluding diaryl/α,β-unsaturated/α-hetero) is 1. The molecule has 0 aromatic heterocycles. The van der Waals surface area contributed by atoms with E-state index in [1.54, 1.807) is 0 Å². The summed E-state index contributed by atoms with van der Waals surface area (Å²) in [6.45, 7) is 3.07. The fraction of sp³-hybridized carbons (Fsp3) is 0.818. The molecule has 0 aromatic rings. The molecule has 0 bridgehead atoms. The molecular formula is C11H17NO2. The average molecular weight is 195 g/mol. The number of hydrogen-bond donors (Lipinski definition) is 0. The summed E-state index contributed by atoms with van der Waals surface area (Å²) in [7, 11) is 0. The fourth-order valence-corrected chi connectivity index (χ4v) is 2.11. The Morgan fingerprint density at radius 3 is 2.64 bits per heavy atom. The summed E-state index contributed by atoms with van der Waals surface area (Å²) in [6.07, 6.45) is 4.00. The Morgan fingerprint density at radius 2 is 2.14 bits per heavy atom. The highest BCUT2D eigenvalue weighted by molar-refractivity contribution is 5.86. The van der Waals surface area contributed by atoms with Crippen molar-refractivity contribution in [2.45, 2.75) is 39.0 Å². The molecule has 1 fully saturated rings. The van der Waals surface area contributed by atoms with Gasteiger partial charge in [-0.15, -0.1) is 0 Å². The van der Waals surface area contributed by atoms with E-state index in [9.17, 15) is 4.79 Å². The predicted octanol–water partition coefficient (Wildman–Crippen LogP) is 2.07. The summed E-state index contributed by atoms with van der Waals surface area (Å²) in [6, 6.07) is 1.94. The summed E-state index contributed by atoms with van der Waals surface area (Å²) in [5, 5.41) is 8.53. The van der Waals surface area contributed by atoms with E-state index in [0.717, 1.165) is 25.7 Å². The van der Waals surface area contributed by atoms with Gasteiger partial charge in [0.15, 0.2) is 5.78 Å². The van der Waals surface area contributed by atoms with Crippen molar-refractivity contribution in [2.75, 3.05) is 13.2 Å². The van der Waals surface area contributed by atoms with Crippen molar-refractivity contribution in [1.29, 1.82) is 5.26 Å². The maximum absolute atomic E-state index is 11.8. The van der Waals surface area contributed by atoms with E-state index in [0.29, 0.717) is 13.2 Å². The van der Waals surface area contributed by atoms with Gasteiger partial charge in [0.1, 0.15) is 0 Å². The van der Waals surface area contributed by atoms with E-state index in [1.165, 1.54) is 0 Å². The third-order valence-corrected chi connectivity index (χ3v) is 2.97. The Kier molecular flexibility index (Phi) is 4.09. The summed E-state index contributed by atoms with van der Waals surface area (Å²) >= 11 is 0. The van der Waals surface area contributed by atoms with E-state index in [-0.39, 0.29) is 17.6 Å². The molecule has 0 atom stereocenters. The zero-order chi connectivity index (χ0) is 10.4. The van der Waals surface area contributed by atoms with E-state index < -0.39 is 0 Å². The van der Waals surface area contributed by atoms with Crippen LogP contribution >= 0.6 is 0 Å². The van der Waals surface area contributed by atoms with Crippen molar-refractivity contribution in [3.63, 3.8) is 0 Å². The molecule has 1 aliphatic carbocycles. The summed E-state index contributed by atoms with van der Waals surface area (Å²) in [5.74, 6) is 0.0750. The van der Waals surface area contributed by atoms with Crippen LogP contribution in [0.25, 0.3) is 0 Å². The van der Waals surface area contributed by atoms with Crippen LogP contribution in [-0.4, -0.2) is 19.0 Å². The first-order valence-corrected chi connectivity index (χ1v) is 5.23. The lowest BCUT2D eigenvalue weighted by Gasteiger charge is -2.25. The molecule has 0 radical (unpaired) electrons. The van der Waals surface area contributed by atoms with Crippen molar-refractivity contribution < 1.29 is 9.53 Å². The van der Waals surface area contributed by atoms with Gasteiger partial charge >= 0.3 is 0 Å². The Bertz CT molecular complexity index is 236. The normalized spacial score (nSPS) is 19.1. The minimum atomic E-state index is -0.328. The molecule has 0 aliphatic heterocycles. The second-order valence-electron chi connectivity index (χ2n) is 3.88. The number of ketones is 1. The number of hydrogen-bond acceptors (Lipinski definition) is 3. The quantitative estimate of drug-likeness (QED) is 0.674. The number of nitriles is 1. The second kappa shape index (κ2) is 5.11. The van der Waals surface area contributed by atoms with Crippen LogP contribution in [0, 0.1) is 16.7 Å². The molecule has 1 aliphatic rings. The van der Waals surface area contributed by atoms with E-state index in [4.69, 9.17) is 10.00 Å². The van der Waals surface area contributed by atoms with Gasteiger partial charge in [-0.25, -0.2) is 0 Å². The Morgan fingerprint density at radius 1 is 1.50 bits per heavy atom. The summed E-state index contributed by atoms with van der Waals surface area (Å²) in [5.41, 5.74) is -0.328. The van der Waals surface area contributed by atoms with Crippen molar-refractivity contribution >= 4 is 5.78 Å². The van der Waals surface area contributed by atoms with Gasteiger partial charge in [0.25, 0.3) is 0 Å². The molecule has 0 spiro atoms. The number of carbonyl (C=O) groups excluding carboxylic acids is 1. The maximum atomic E-state index is 11.8. The molecule has 0 N–H and O–H groups in total. The number of rotatable bonds is 5. The first-order valence-electron chi connectivity index (χ1n) is 5.23.